The third-order valence-electron chi connectivity index (χ3n) is 5.04. The predicted molar refractivity (Wildman–Crippen MR) is 82.9 cm³/mol. The summed E-state index contributed by atoms with van der Waals surface area (Å²) in [5, 5.41) is 0. The Morgan fingerprint density at radius 1 is 1.10 bits per heavy atom. The molecule has 21 heavy (non-hydrogen) atoms. The van der Waals surface area contributed by atoms with Crippen LogP contribution in [0.4, 0.5) is 0 Å². The molecule has 0 bridgehead atoms. The molecule has 0 amide bonds. The monoisotopic (exact) mass is 282 g/mol. The molecule has 1 fully saturated rings. The zero-order chi connectivity index (χ0) is 14.3. The third-order valence-corrected chi connectivity index (χ3v) is 5.04. The maximum absolute atomic E-state index is 6.27. The fourth-order valence-corrected chi connectivity index (χ4v) is 3.78. The molecular formula is C18H22N2O. The molecule has 2 aliphatic carbocycles. The Hall–Kier alpha value is -1.58. The summed E-state index contributed by atoms with van der Waals surface area (Å²) in [5.41, 5.74) is 9.27. The van der Waals surface area contributed by atoms with Gasteiger partial charge in [-0.1, -0.05) is 24.3 Å². The number of nitrogens with zero attached hydrogens (tertiary/aromatic N) is 1. The second-order valence-electron chi connectivity index (χ2n) is 6.49. The van der Waals surface area contributed by atoms with Crippen molar-refractivity contribution in [1.29, 1.82) is 0 Å². The van der Waals surface area contributed by atoms with Gasteiger partial charge in [0.2, 0.25) is 0 Å². The van der Waals surface area contributed by atoms with Gasteiger partial charge in [-0.2, -0.15) is 0 Å². The molecule has 110 valence electrons. The minimum atomic E-state index is 0.0671. The van der Waals surface area contributed by atoms with Crippen LogP contribution in [0.1, 0.15) is 29.7 Å². The summed E-state index contributed by atoms with van der Waals surface area (Å²) in [6.07, 6.45) is 6.48. The smallest absolute Gasteiger partial charge is 0.117 e. The van der Waals surface area contributed by atoms with Gasteiger partial charge in [-0.25, -0.2) is 0 Å². The molecule has 3 heteroatoms. The average molecular weight is 282 g/mol. The zero-order valence-corrected chi connectivity index (χ0v) is 12.3. The van der Waals surface area contributed by atoms with Crippen molar-refractivity contribution in [1.82, 2.24) is 4.90 Å². The van der Waals surface area contributed by atoms with Gasteiger partial charge in [-0.15, -0.1) is 0 Å². The minimum Gasteiger partial charge on any atom is -0.468 e. The van der Waals surface area contributed by atoms with E-state index in [1.54, 1.807) is 6.26 Å². The largest absolute Gasteiger partial charge is 0.468 e. The summed E-state index contributed by atoms with van der Waals surface area (Å²) in [7, 11) is 0. The van der Waals surface area contributed by atoms with Crippen molar-refractivity contribution < 1.29 is 4.42 Å². The molecule has 1 saturated carbocycles. The van der Waals surface area contributed by atoms with E-state index in [1.807, 2.05) is 6.07 Å². The van der Waals surface area contributed by atoms with Crippen molar-refractivity contribution in [2.75, 3.05) is 6.54 Å². The van der Waals surface area contributed by atoms with E-state index in [0.717, 1.165) is 25.1 Å². The van der Waals surface area contributed by atoms with Crippen LogP contribution in [0.3, 0.4) is 0 Å². The number of fused-ring (bicyclic) bond motifs is 1. The standard InChI is InChI=1S/C18H22N2O/c19-13-18(10-14-4-1-2-5-15(14)11-18)20(16-7-8-16)12-17-6-3-9-21-17/h1-6,9,16H,7-8,10-13,19H2. The van der Waals surface area contributed by atoms with Gasteiger partial charge in [0.05, 0.1) is 12.8 Å². The van der Waals surface area contributed by atoms with Gasteiger partial charge in [0, 0.05) is 18.1 Å². The quantitative estimate of drug-likeness (QED) is 0.917. The lowest BCUT2D eigenvalue weighted by molar-refractivity contribution is 0.0765. The Labute approximate surface area is 125 Å². The molecule has 1 aromatic heterocycles. The molecule has 0 saturated heterocycles. The molecule has 0 radical (unpaired) electrons. The Morgan fingerprint density at radius 3 is 2.33 bits per heavy atom. The first-order valence-electron chi connectivity index (χ1n) is 7.87. The van der Waals surface area contributed by atoms with Crippen molar-refractivity contribution in [3.8, 4) is 0 Å². The van der Waals surface area contributed by atoms with Crippen LogP contribution in [0.2, 0.25) is 0 Å². The highest BCUT2D eigenvalue weighted by atomic mass is 16.3. The lowest BCUT2D eigenvalue weighted by atomic mass is 9.92. The molecule has 0 spiro atoms. The summed E-state index contributed by atoms with van der Waals surface area (Å²) in [5.74, 6) is 1.05. The van der Waals surface area contributed by atoms with Crippen LogP contribution < -0.4 is 5.73 Å². The van der Waals surface area contributed by atoms with E-state index in [9.17, 15) is 0 Å². The van der Waals surface area contributed by atoms with E-state index >= 15 is 0 Å². The fraction of sp³-hybridized carbons (Fsp3) is 0.444. The van der Waals surface area contributed by atoms with Crippen molar-refractivity contribution in [3.05, 3.63) is 59.5 Å². The zero-order valence-electron chi connectivity index (χ0n) is 12.3. The van der Waals surface area contributed by atoms with Crippen LogP contribution in [-0.4, -0.2) is 23.0 Å². The fourth-order valence-electron chi connectivity index (χ4n) is 3.78. The van der Waals surface area contributed by atoms with Crippen molar-refractivity contribution in [2.45, 2.75) is 43.8 Å². The highest BCUT2D eigenvalue weighted by molar-refractivity contribution is 5.37. The second-order valence-corrected chi connectivity index (χ2v) is 6.49. The normalized spacial score (nSPS) is 19.9. The molecule has 2 N–H and O–H groups in total. The first-order valence-corrected chi connectivity index (χ1v) is 7.87. The maximum atomic E-state index is 6.27. The van der Waals surface area contributed by atoms with E-state index in [4.69, 9.17) is 10.2 Å². The predicted octanol–water partition coefficient (Wildman–Crippen LogP) is 2.74. The second kappa shape index (κ2) is 5.00. The van der Waals surface area contributed by atoms with Crippen LogP contribution in [-0.2, 0) is 19.4 Å². The molecule has 3 nitrogen and oxygen atoms in total. The molecular weight excluding hydrogens is 260 g/mol. The first kappa shape index (κ1) is 13.1. The van der Waals surface area contributed by atoms with Crippen LogP contribution >= 0.6 is 0 Å². The van der Waals surface area contributed by atoms with E-state index in [-0.39, 0.29) is 5.54 Å². The van der Waals surface area contributed by atoms with Crippen LogP contribution in [0, 0.1) is 0 Å². The number of rotatable bonds is 5. The van der Waals surface area contributed by atoms with Crippen LogP contribution in [0.25, 0.3) is 0 Å². The number of hydrogen-bond acceptors (Lipinski definition) is 3. The summed E-state index contributed by atoms with van der Waals surface area (Å²) in [4.78, 5) is 2.62. The van der Waals surface area contributed by atoms with Gasteiger partial charge < -0.3 is 10.2 Å². The van der Waals surface area contributed by atoms with Crippen LogP contribution in [0.5, 0.6) is 0 Å². The molecule has 1 aromatic carbocycles. The lowest BCUT2D eigenvalue weighted by Crippen LogP contribution is -2.55. The van der Waals surface area contributed by atoms with Gasteiger partial charge in [0.15, 0.2) is 0 Å². The number of furan rings is 1. The van der Waals surface area contributed by atoms with Gasteiger partial charge in [0.1, 0.15) is 5.76 Å². The van der Waals surface area contributed by atoms with Crippen molar-refractivity contribution >= 4 is 0 Å². The highest BCUT2D eigenvalue weighted by Gasteiger charge is 2.47. The van der Waals surface area contributed by atoms with E-state index < -0.39 is 0 Å². The Bertz CT molecular complexity index is 591. The average Bonchev–Trinajstić information content (AvgIpc) is 3.08. The highest BCUT2D eigenvalue weighted by Crippen LogP contribution is 2.41. The summed E-state index contributed by atoms with van der Waals surface area (Å²) in [6.45, 7) is 1.59. The summed E-state index contributed by atoms with van der Waals surface area (Å²) in [6, 6.07) is 13.5. The van der Waals surface area contributed by atoms with Gasteiger partial charge in [-0.05, 0) is 48.9 Å². The van der Waals surface area contributed by atoms with E-state index in [2.05, 4.69) is 35.2 Å². The van der Waals surface area contributed by atoms with Gasteiger partial charge in [0.25, 0.3) is 0 Å². The Kier molecular flexibility index (Phi) is 3.12. The number of benzene rings is 1. The molecule has 1 heterocycles. The topological polar surface area (TPSA) is 42.4 Å². The molecule has 0 unspecified atom stereocenters. The number of nitrogens with two attached hydrogens (primary N) is 1. The molecule has 0 atom stereocenters. The van der Waals surface area contributed by atoms with Crippen molar-refractivity contribution in [2.24, 2.45) is 5.73 Å². The van der Waals surface area contributed by atoms with Crippen LogP contribution in [0.15, 0.2) is 47.1 Å². The molecule has 2 aliphatic rings. The SMILES string of the molecule is NCC1(N(Cc2ccco2)C2CC2)Cc2ccccc2C1. The first-order chi connectivity index (χ1) is 10.3. The van der Waals surface area contributed by atoms with E-state index in [1.165, 1.54) is 24.0 Å². The molecule has 4 rings (SSSR count). The maximum Gasteiger partial charge on any atom is 0.117 e. The summed E-state index contributed by atoms with van der Waals surface area (Å²) < 4.78 is 5.59. The molecule has 2 aromatic rings. The Morgan fingerprint density at radius 2 is 1.81 bits per heavy atom. The summed E-state index contributed by atoms with van der Waals surface area (Å²) >= 11 is 0. The van der Waals surface area contributed by atoms with Gasteiger partial charge in [-0.3, -0.25) is 4.90 Å². The number of hydrogen-bond donors (Lipinski definition) is 1. The third kappa shape index (κ3) is 2.30. The van der Waals surface area contributed by atoms with Crippen molar-refractivity contribution in [3.63, 3.8) is 0 Å². The van der Waals surface area contributed by atoms with E-state index in [0.29, 0.717) is 12.6 Å². The minimum absolute atomic E-state index is 0.0671. The Balaban J connectivity index is 1.64. The molecule has 0 aliphatic heterocycles. The lowest BCUT2D eigenvalue weighted by Gasteiger charge is -2.40. The van der Waals surface area contributed by atoms with Gasteiger partial charge >= 0.3 is 0 Å².